The average molecular weight is 359 g/mol. The van der Waals surface area contributed by atoms with Crippen molar-refractivity contribution in [3.63, 3.8) is 0 Å². The molecule has 0 aliphatic heterocycles. The quantitative estimate of drug-likeness (QED) is 0.641. The topological polar surface area (TPSA) is 34.4 Å². The van der Waals surface area contributed by atoms with E-state index in [1.165, 1.54) is 6.07 Å². The van der Waals surface area contributed by atoms with Crippen molar-refractivity contribution in [2.24, 2.45) is 0 Å². The molecule has 0 saturated heterocycles. The fourth-order valence-electron chi connectivity index (χ4n) is 2.73. The van der Waals surface area contributed by atoms with Crippen LogP contribution in [-0.2, 0) is 0 Å². The van der Waals surface area contributed by atoms with E-state index in [0.717, 1.165) is 30.3 Å². The molecular formula is C17H12BrFN2O. The normalized spacial score (nSPS) is 14.5. The zero-order valence-corrected chi connectivity index (χ0v) is 13.2. The van der Waals surface area contributed by atoms with Gasteiger partial charge in [0.05, 0.1) is 5.69 Å². The third-order valence-corrected chi connectivity index (χ3v) is 4.45. The lowest BCUT2D eigenvalue weighted by molar-refractivity contribution is 0.112. The molecular weight excluding hydrogens is 347 g/mol. The van der Waals surface area contributed by atoms with Crippen molar-refractivity contribution >= 4 is 27.9 Å². The van der Waals surface area contributed by atoms with Gasteiger partial charge in [-0.05, 0) is 48.6 Å². The van der Waals surface area contributed by atoms with Gasteiger partial charge in [0.15, 0.2) is 6.29 Å². The minimum Gasteiger partial charge on any atom is -0.305 e. The highest BCUT2D eigenvalue weighted by Crippen LogP contribution is 2.42. The monoisotopic (exact) mass is 358 g/mol. The first kappa shape index (κ1) is 13.6. The molecule has 2 heterocycles. The first-order valence-electron chi connectivity index (χ1n) is 7.09. The second-order valence-corrected chi connectivity index (χ2v) is 6.52. The summed E-state index contributed by atoms with van der Waals surface area (Å²) in [5.74, 6) is 0.147. The SMILES string of the molecule is O=Cc1cc(C2CC2)c2nc(-c3ccc(Br)cc3F)cn2c1. The molecule has 5 heteroatoms. The van der Waals surface area contributed by atoms with Crippen LogP contribution in [-0.4, -0.2) is 15.7 Å². The number of pyridine rings is 1. The number of aldehydes is 1. The van der Waals surface area contributed by atoms with Crippen LogP contribution in [0.25, 0.3) is 16.9 Å². The molecule has 0 unspecified atom stereocenters. The van der Waals surface area contributed by atoms with Gasteiger partial charge in [-0.3, -0.25) is 4.79 Å². The Morgan fingerprint density at radius 3 is 2.77 bits per heavy atom. The van der Waals surface area contributed by atoms with Crippen LogP contribution in [0.3, 0.4) is 0 Å². The molecule has 4 rings (SSSR count). The van der Waals surface area contributed by atoms with E-state index in [2.05, 4.69) is 20.9 Å². The summed E-state index contributed by atoms with van der Waals surface area (Å²) >= 11 is 3.26. The van der Waals surface area contributed by atoms with E-state index in [4.69, 9.17) is 0 Å². The highest BCUT2D eigenvalue weighted by atomic mass is 79.9. The molecule has 110 valence electrons. The van der Waals surface area contributed by atoms with Crippen LogP contribution in [0.5, 0.6) is 0 Å². The van der Waals surface area contributed by atoms with Crippen molar-refractivity contribution in [2.45, 2.75) is 18.8 Å². The van der Waals surface area contributed by atoms with E-state index in [-0.39, 0.29) is 5.82 Å². The average Bonchev–Trinajstić information content (AvgIpc) is 3.25. The third kappa shape index (κ3) is 2.25. The van der Waals surface area contributed by atoms with Crippen LogP contribution in [0.2, 0.25) is 0 Å². The molecule has 22 heavy (non-hydrogen) atoms. The largest absolute Gasteiger partial charge is 0.305 e. The molecule has 0 radical (unpaired) electrons. The number of nitrogens with zero attached hydrogens (tertiary/aromatic N) is 2. The number of carbonyl (C=O) groups excluding carboxylic acids is 1. The van der Waals surface area contributed by atoms with Gasteiger partial charge in [0.2, 0.25) is 0 Å². The molecule has 1 aromatic carbocycles. The number of carbonyl (C=O) groups is 1. The number of halogens is 2. The van der Waals surface area contributed by atoms with Gasteiger partial charge in [-0.15, -0.1) is 0 Å². The summed E-state index contributed by atoms with van der Waals surface area (Å²) < 4.78 is 16.7. The summed E-state index contributed by atoms with van der Waals surface area (Å²) in [4.78, 5) is 15.7. The summed E-state index contributed by atoms with van der Waals surface area (Å²) in [7, 11) is 0. The standard InChI is InChI=1S/C17H12BrFN2O/c18-12-3-4-13(15(19)6-12)16-8-21-7-10(9-22)5-14(11-1-2-11)17(21)20-16/h3-9,11H,1-2H2. The van der Waals surface area contributed by atoms with Crippen molar-refractivity contribution in [3.05, 3.63) is 58.1 Å². The zero-order chi connectivity index (χ0) is 15.3. The predicted molar refractivity (Wildman–Crippen MR) is 85.6 cm³/mol. The Balaban J connectivity index is 1.93. The Labute approximate surface area is 134 Å². The predicted octanol–water partition coefficient (Wildman–Crippen LogP) is 4.59. The van der Waals surface area contributed by atoms with Crippen LogP contribution in [0, 0.1) is 5.82 Å². The van der Waals surface area contributed by atoms with Gasteiger partial charge in [-0.2, -0.15) is 0 Å². The number of hydrogen-bond acceptors (Lipinski definition) is 2. The molecule has 0 spiro atoms. The van der Waals surface area contributed by atoms with E-state index in [9.17, 15) is 9.18 Å². The molecule has 1 aliphatic carbocycles. The van der Waals surface area contributed by atoms with E-state index in [1.54, 1.807) is 24.5 Å². The molecule has 1 fully saturated rings. The van der Waals surface area contributed by atoms with Crippen LogP contribution in [0.1, 0.15) is 34.7 Å². The van der Waals surface area contributed by atoms with Gasteiger partial charge in [-0.25, -0.2) is 9.37 Å². The molecule has 3 nitrogen and oxygen atoms in total. The number of rotatable bonds is 3. The maximum Gasteiger partial charge on any atom is 0.151 e. The molecule has 1 aliphatic rings. The molecule has 3 aromatic rings. The summed E-state index contributed by atoms with van der Waals surface area (Å²) in [6.45, 7) is 0. The van der Waals surface area contributed by atoms with Crippen molar-refractivity contribution in [3.8, 4) is 11.3 Å². The Kier molecular flexibility index (Phi) is 3.11. The lowest BCUT2D eigenvalue weighted by Crippen LogP contribution is -1.94. The van der Waals surface area contributed by atoms with E-state index in [0.29, 0.717) is 27.2 Å². The molecule has 0 N–H and O–H groups in total. The zero-order valence-electron chi connectivity index (χ0n) is 11.6. The van der Waals surface area contributed by atoms with E-state index >= 15 is 0 Å². The Hall–Kier alpha value is -2.01. The van der Waals surface area contributed by atoms with Crippen molar-refractivity contribution in [2.75, 3.05) is 0 Å². The van der Waals surface area contributed by atoms with Crippen LogP contribution in [0.15, 0.2) is 41.1 Å². The van der Waals surface area contributed by atoms with E-state index in [1.807, 2.05) is 10.5 Å². The number of benzene rings is 1. The van der Waals surface area contributed by atoms with E-state index < -0.39 is 0 Å². The van der Waals surface area contributed by atoms with Crippen molar-refractivity contribution in [1.29, 1.82) is 0 Å². The smallest absolute Gasteiger partial charge is 0.151 e. The first-order chi connectivity index (χ1) is 10.7. The fraction of sp³-hybridized carbons (Fsp3) is 0.176. The lowest BCUT2D eigenvalue weighted by atomic mass is 10.1. The van der Waals surface area contributed by atoms with Gasteiger partial charge in [-0.1, -0.05) is 15.9 Å². The maximum absolute atomic E-state index is 14.1. The highest BCUT2D eigenvalue weighted by molar-refractivity contribution is 9.10. The first-order valence-corrected chi connectivity index (χ1v) is 7.88. The van der Waals surface area contributed by atoms with Crippen molar-refractivity contribution < 1.29 is 9.18 Å². The molecule has 0 bridgehead atoms. The summed E-state index contributed by atoms with van der Waals surface area (Å²) in [6.07, 6.45) is 6.59. The van der Waals surface area contributed by atoms with Gasteiger partial charge in [0.1, 0.15) is 11.5 Å². The summed E-state index contributed by atoms with van der Waals surface area (Å²) in [5.41, 5.74) is 3.55. The van der Waals surface area contributed by atoms with Gasteiger partial charge in [0.25, 0.3) is 0 Å². The fourth-order valence-corrected chi connectivity index (χ4v) is 3.07. The summed E-state index contributed by atoms with van der Waals surface area (Å²) in [6, 6.07) is 6.83. The highest BCUT2D eigenvalue weighted by Gasteiger charge is 2.27. The Morgan fingerprint density at radius 2 is 2.09 bits per heavy atom. The minimum atomic E-state index is -0.318. The molecule has 0 amide bonds. The second kappa shape index (κ2) is 5.02. The van der Waals surface area contributed by atoms with Crippen LogP contribution in [0.4, 0.5) is 4.39 Å². The van der Waals surface area contributed by atoms with Crippen LogP contribution < -0.4 is 0 Å². The number of hydrogen-bond donors (Lipinski definition) is 0. The minimum absolute atomic E-state index is 0.318. The number of fused-ring (bicyclic) bond motifs is 1. The van der Waals surface area contributed by atoms with Gasteiger partial charge in [0, 0.05) is 28.0 Å². The van der Waals surface area contributed by atoms with Gasteiger partial charge < -0.3 is 4.40 Å². The van der Waals surface area contributed by atoms with Gasteiger partial charge >= 0.3 is 0 Å². The number of aromatic nitrogens is 2. The molecule has 2 aromatic heterocycles. The number of imidazole rings is 1. The van der Waals surface area contributed by atoms with Crippen LogP contribution >= 0.6 is 15.9 Å². The maximum atomic E-state index is 14.1. The molecule has 1 saturated carbocycles. The van der Waals surface area contributed by atoms with Crippen molar-refractivity contribution in [1.82, 2.24) is 9.38 Å². The Morgan fingerprint density at radius 1 is 1.27 bits per heavy atom. The Bertz CT molecular complexity index is 899. The second-order valence-electron chi connectivity index (χ2n) is 5.60. The third-order valence-electron chi connectivity index (χ3n) is 3.96. The lowest BCUT2D eigenvalue weighted by Gasteiger charge is -2.02. The summed E-state index contributed by atoms with van der Waals surface area (Å²) in [5, 5.41) is 0. The molecule has 0 atom stereocenters.